The van der Waals surface area contributed by atoms with Gasteiger partial charge in [0.15, 0.2) is 0 Å². The maximum Gasteiger partial charge on any atom is 0.247 e. The van der Waals surface area contributed by atoms with E-state index < -0.39 is 7.57 Å². The van der Waals surface area contributed by atoms with Crippen LogP contribution < -0.4 is 0 Å². The average molecular weight is 373 g/mol. The number of methoxy groups -OCH3 is 1. The van der Waals surface area contributed by atoms with Gasteiger partial charge in [0.1, 0.15) is 0 Å². The molecule has 0 aliphatic heterocycles. The highest BCUT2D eigenvalue weighted by Gasteiger charge is 2.07. The summed E-state index contributed by atoms with van der Waals surface area (Å²) in [6.07, 6.45) is 13.2. The summed E-state index contributed by atoms with van der Waals surface area (Å²) in [5.41, 5.74) is 0. The van der Waals surface area contributed by atoms with Gasteiger partial charge in [-0.05, 0) is 32.0 Å². The summed E-state index contributed by atoms with van der Waals surface area (Å²) in [6, 6.07) is 0. The van der Waals surface area contributed by atoms with Crippen LogP contribution in [0.25, 0.3) is 0 Å². The van der Waals surface area contributed by atoms with E-state index in [1.54, 1.807) is 7.11 Å². The molecule has 0 aromatic heterocycles. The molecule has 1 N–H and O–H groups in total. The van der Waals surface area contributed by atoms with Crippen LogP contribution in [0.5, 0.6) is 0 Å². The molecule has 0 aliphatic carbocycles. The highest BCUT2D eigenvalue weighted by atomic mass is 33.1. The van der Waals surface area contributed by atoms with E-state index in [1.807, 2.05) is 21.6 Å². The lowest BCUT2D eigenvalue weighted by Gasteiger charge is -2.14. The molecule has 1 unspecified atom stereocenters. The topological polar surface area (TPSA) is 47.9 Å². The minimum Gasteiger partial charge on any atom is -0.385 e. The van der Waals surface area contributed by atoms with Crippen molar-refractivity contribution in [3.63, 3.8) is 0 Å². The van der Waals surface area contributed by atoms with Crippen molar-refractivity contribution in [3.8, 4) is 0 Å². The first-order valence-electron chi connectivity index (χ1n) is 8.02. The Morgan fingerprint density at radius 1 is 0.818 bits per heavy atom. The Hall–Kier alpha value is 0.840. The first kappa shape index (κ1) is 22.8. The van der Waals surface area contributed by atoms with Crippen LogP contribution in [0, 0.1) is 0 Å². The van der Waals surface area contributed by atoms with E-state index in [0.717, 1.165) is 19.4 Å². The van der Waals surface area contributed by atoms with Gasteiger partial charge in [-0.2, -0.15) is 0 Å². The molecule has 4 nitrogen and oxygen atoms in total. The van der Waals surface area contributed by atoms with Gasteiger partial charge in [0.25, 0.3) is 0 Å². The summed E-state index contributed by atoms with van der Waals surface area (Å²) in [7, 11) is 4.41. The third kappa shape index (κ3) is 17.2. The Labute approximate surface area is 144 Å². The third-order valence-corrected chi connectivity index (χ3v) is 6.84. The monoisotopic (exact) mass is 372 g/mol. The van der Waals surface area contributed by atoms with E-state index >= 15 is 0 Å². The van der Waals surface area contributed by atoms with Gasteiger partial charge in [0.2, 0.25) is 7.57 Å². The average Bonchev–Trinajstić information content (AvgIpc) is 2.51. The zero-order valence-electron chi connectivity index (χ0n) is 14.1. The molecule has 22 heavy (non-hydrogen) atoms. The fraction of sp³-hybridized carbons (Fsp3) is 0.933. The van der Waals surface area contributed by atoms with Gasteiger partial charge in [0.05, 0.1) is 6.61 Å². The van der Waals surface area contributed by atoms with Crippen LogP contribution in [0.2, 0.25) is 0 Å². The molecule has 0 saturated heterocycles. The lowest BCUT2D eigenvalue weighted by atomic mass is 10.2. The molecule has 0 bridgehead atoms. The Morgan fingerprint density at radius 3 is 1.82 bits per heavy atom. The summed E-state index contributed by atoms with van der Waals surface area (Å²) in [6.45, 7) is 1.43. The van der Waals surface area contributed by atoms with E-state index in [1.165, 1.54) is 57.1 Å². The lowest BCUT2D eigenvalue weighted by Crippen LogP contribution is -1.95. The molecule has 0 aliphatic rings. The quantitative estimate of drug-likeness (QED) is 0.221. The van der Waals surface area contributed by atoms with E-state index in [4.69, 9.17) is 13.8 Å². The van der Waals surface area contributed by atoms with Gasteiger partial charge < -0.3 is 18.7 Å². The van der Waals surface area contributed by atoms with Crippen molar-refractivity contribution in [2.24, 2.45) is 0 Å². The Morgan fingerprint density at radius 2 is 1.32 bits per heavy atom. The molecule has 134 valence electrons. The molecule has 0 radical (unpaired) electrons. The molecule has 0 fully saturated rings. The summed E-state index contributed by atoms with van der Waals surface area (Å²) in [4.78, 5) is 9.47. The molecule has 1 atom stereocenters. The van der Waals surface area contributed by atoms with Gasteiger partial charge in [-0.25, -0.2) is 0 Å². The summed E-state index contributed by atoms with van der Waals surface area (Å²) in [5, 5.41) is 0. The van der Waals surface area contributed by atoms with Crippen LogP contribution in [-0.4, -0.2) is 50.1 Å². The normalized spacial score (nSPS) is 14.1. The van der Waals surface area contributed by atoms with Crippen molar-refractivity contribution in [2.45, 2.75) is 51.4 Å². The number of hydrogen-bond donors (Lipinski definition) is 1. The first-order valence-corrected chi connectivity index (χ1v) is 12.3. The van der Waals surface area contributed by atoms with Gasteiger partial charge in [-0.1, -0.05) is 47.3 Å². The third-order valence-electron chi connectivity index (χ3n) is 3.11. The first-order chi connectivity index (χ1) is 10.6. The Kier molecular flexibility index (Phi) is 17.3. The molecule has 7 heteroatoms. The number of rotatable bonds is 17. The second-order valence-corrected chi connectivity index (χ2v) is 9.72. The van der Waals surface area contributed by atoms with Gasteiger partial charge in [-0.3, -0.25) is 0 Å². The zero-order chi connectivity index (χ0) is 16.5. The van der Waals surface area contributed by atoms with Crippen molar-refractivity contribution in [3.05, 3.63) is 0 Å². The van der Waals surface area contributed by atoms with E-state index in [9.17, 15) is 4.89 Å². The molecule has 0 aromatic rings. The number of unbranched alkanes of at least 4 members (excludes halogenated alkanes) is 6. The SMILES string of the molecule is C=P(O)(OC)OCCCCCCSSCCCCCCOC. The van der Waals surface area contributed by atoms with Gasteiger partial charge in [-0.15, -0.1) is 0 Å². The van der Waals surface area contributed by atoms with Gasteiger partial charge in [0, 0.05) is 32.3 Å². The smallest absolute Gasteiger partial charge is 0.247 e. The fourth-order valence-corrected chi connectivity index (χ4v) is 4.57. The van der Waals surface area contributed by atoms with Crippen LogP contribution in [-0.2, 0) is 13.8 Å². The van der Waals surface area contributed by atoms with Crippen molar-refractivity contribution in [2.75, 3.05) is 38.9 Å². The highest BCUT2D eigenvalue weighted by molar-refractivity contribution is 8.76. The van der Waals surface area contributed by atoms with Crippen molar-refractivity contribution < 1.29 is 18.7 Å². The number of ether oxygens (including phenoxy) is 1. The summed E-state index contributed by atoms with van der Waals surface area (Å²) < 4.78 is 15.0. The van der Waals surface area contributed by atoms with Crippen LogP contribution >= 0.6 is 29.2 Å². The van der Waals surface area contributed by atoms with Crippen molar-refractivity contribution in [1.82, 2.24) is 0 Å². The maximum atomic E-state index is 9.47. The zero-order valence-corrected chi connectivity index (χ0v) is 16.7. The predicted octanol–water partition coefficient (Wildman–Crippen LogP) is 4.98. The van der Waals surface area contributed by atoms with Crippen molar-refractivity contribution in [1.29, 1.82) is 0 Å². The largest absolute Gasteiger partial charge is 0.385 e. The van der Waals surface area contributed by atoms with E-state index in [0.29, 0.717) is 6.61 Å². The summed E-state index contributed by atoms with van der Waals surface area (Å²) in [5.74, 6) is 2.48. The van der Waals surface area contributed by atoms with E-state index in [2.05, 4.69) is 6.30 Å². The molecular weight excluding hydrogens is 339 g/mol. The van der Waals surface area contributed by atoms with E-state index in [-0.39, 0.29) is 0 Å². The lowest BCUT2D eigenvalue weighted by molar-refractivity contribution is 0.192. The van der Waals surface area contributed by atoms with Crippen LogP contribution in [0.1, 0.15) is 51.4 Å². The fourth-order valence-electron chi connectivity index (χ4n) is 1.76. The van der Waals surface area contributed by atoms with Crippen molar-refractivity contribution >= 4 is 35.5 Å². The molecule has 0 aromatic carbocycles. The predicted molar refractivity (Wildman–Crippen MR) is 103 cm³/mol. The highest BCUT2D eigenvalue weighted by Crippen LogP contribution is 2.41. The standard InChI is InChI=1S/C15H33O4PS2/c1-17-12-8-4-6-10-14-21-22-15-11-7-5-9-13-19-20(3,16)18-2/h16H,3-15H2,1-2H3. The van der Waals surface area contributed by atoms with Crippen LogP contribution in [0.4, 0.5) is 0 Å². The molecule has 0 spiro atoms. The Bertz CT molecular complexity index is 280. The minimum atomic E-state index is -2.77. The molecular formula is C15H33O4PS2. The molecule has 0 heterocycles. The second kappa shape index (κ2) is 16.7. The Balaban J connectivity index is 3.07. The van der Waals surface area contributed by atoms with Gasteiger partial charge >= 0.3 is 0 Å². The summed E-state index contributed by atoms with van der Waals surface area (Å²) >= 11 is 0. The minimum absolute atomic E-state index is 0.534. The molecule has 0 saturated carbocycles. The van der Waals surface area contributed by atoms with Crippen LogP contribution in [0.3, 0.4) is 0 Å². The number of hydrogen-bond acceptors (Lipinski definition) is 6. The maximum absolute atomic E-state index is 9.47. The molecule has 0 amide bonds. The molecule has 0 rings (SSSR count). The van der Waals surface area contributed by atoms with Crippen LogP contribution in [0.15, 0.2) is 0 Å². The second-order valence-electron chi connectivity index (χ2n) is 5.12.